The van der Waals surface area contributed by atoms with E-state index in [-0.39, 0.29) is 0 Å². The van der Waals surface area contributed by atoms with E-state index in [9.17, 15) is 0 Å². The normalized spacial score (nSPS) is 10.8. The maximum absolute atomic E-state index is 8.84. The van der Waals surface area contributed by atoms with E-state index in [0.29, 0.717) is 11.2 Å². The largest absolute Gasteiger partial charge is 0.490 e. The molecule has 8 heteroatoms. The predicted molar refractivity (Wildman–Crippen MR) is 103 cm³/mol. The summed E-state index contributed by atoms with van der Waals surface area (Å²) in [6, 6.07) is 11.2. The van der Waals surface area contributed by atoms with E-state index in [1.54, 1.807) is 32.2 Å². The number of pyridine rings is 2. The van der Waals surface area contributed by atoms with Crippen LogP contribution in [0.25, 0.3) is 0 Å². The molecule has 0 unspecified atom stereocenters. The summed E-state index contributed by atoms with van der Waals surface area (Å²) < 4.78 is 0.931. The van der Waals surface area contributed by atoms with Crippen LogP contribution < -0.4 is 5.46 Å². The van der Waals surface area contributed by atoms with Gasteiger partial charge < -0.3 is 10.0 Å². The molecule has 6 nitrogen and oxygen atoms in total. The summed E-state index contributed by atoms with van der Waals surface area (Å²) in [6.07, 6.45) is 3.06. The van der Waals surface area contributed by atoms with Gasteiger partial charge in [0.15, 0.2) is 0 Å². The minimum absolute atomic E-state index is 0.322. The van der Waals surface area contributed by atoms with Gasteiger partial charge in [-0.05, 0) is 61.8 Å². The molecule has 2 N–H and O–H groups in total. The Hall–Kier alpha value is -2.26. The van der Waals surface area contributed by atoms with Crippen molar-refractivity contribution in [2.24, 2.45) is 0 Å². The van der Waals surface area contributed by atoms with Crippen LogP contribution in [-0.2, 0) is 10.8 Å². The first-order valence-electron chi connectivity index (χ1n) is 7.80. The third-order valence-corrected chi connectivity index (χ3v) is 4.12. The fraction of sp³-hybridized carbons (Fsp3) is 0.333. The van der Waals surface area contributed by atoms with Crippen LogP contribution in [-0.4, -0.2) is 27.1 Å². The van der Waals surface area contributed by atoms with Gasteiger partial charge in [-0.1, -0.05) is 6.07 Å². The minimum atomic E-state index is -1.51. The molecule has 0 amide bonds. The van der Waals surface area contributed by atoms with Gasteiger partial charge in [-0.15, -0.1) is 0 Å². The standard InChI is InChI=1S/C9H11BN2O2.C9H9BrN2/c1-9(2,6-11)8-4-3-7(5-12-8)10(13)14;1-9(2,6-11)8-4-3-7(10)5-12-8/h3-5,13-14H,1-2H3;3-5H,1-2H3. The van der Waals surface area contributed by atoms with Crippen molar-refractivity contribution in [3.05, 3.63) is 52.5 Å². The van der Waals surface area contributed by atoms with Gasteiger partial charge in [-0.2, -0.15) is 10.5 Å². The predicted octanol–water partition coefficient (Wildman–Crippen LogP) is 2.21. The van der Waals surface area contributed by atoms with Gasteiger partial charge in [0.1, 0.15) is 0 Å². The molecule has 0 saturated heterocycles. The van der Waals surface area contributed by atoms with Crippen LogP contribution in [0.3, 0.4) is 0 Å². The molecule has 0 atom stereocenters. The Balaban J connectivity index is 0.000000263. The van der Waals surface area contributed by atoms with Crippen LogP contribution >= 0.6 is 15.9 Å². The number of halogens is 1. The van der Waals surface area contributed by atoms with Crippen LogP contribution in [0, 0.1) is 22.7 Å². The molecule has 0 aliphatic heterocycles. The van der Waals surface area contributed by atoms with Crippen molar-refractivity contribution < 1.29 is 10.0 Å². The second kappa shape index (κ2) is 8.91. The molecule has 0 saturated carbocycles. The average Bonchev–Trinajstić information content (AvgIpc) is 2.62. The zero-order chi connectivity index (χ0) is 20.0. The van der Waals surface area contributed by atoms with Crippen molar-refractivity contribution in [1.82, 2.24) is 9.97 Å². The van der Waals surface area contributed by atoms with E-state index >= 15 is 0 Å². The van der Waals surface area contributed by atoms with Crippen molar-refractivity contribution in [3.63, 3.8) is 0 Å². The van der Waals surface area contributed by atoms with E-state index in [2.05, 4.69) is 38.0 Å². The molecule has 134 valence electrons. The Morgan fingerprint density at radius 1 is 0.885 bits per heavy atom. The molecule has 2 rings (SSSR count). The van der Waals surface area contributed by atoms with Gasteiger partial charge in [0, 0.05) is 22.3 Å². The monoisotopic (exact) mass is 414 g/mol. The summed E-state index contributed by atoms with van der Waals surface area (Å²) in [5, 5.41) is 35.3. The lowest BCUT2D eigenvalue weighted by atomic mass is 9.80. The average molecular weight is 415 g/mol. The van der Waals surface area contributed by atoms with Crippen molar-refractivity contribution in [2.45, 2.75) is 38.5 Å². The Morgan fingerprint density at radius 3 is 1.65 bits per heavy atom. The highest BCUT2D eigenvalue weighted by atomic mass is 79.9. The van der Waals surface area contributed by atoms with Gasteiger partial charge in [0.2, 0.25) is 0 Å². The summed E-state index contributed by atoms with van der Waals surface area (Å²) in [4.78, 5) is 8.15. The van der Waals surface area contributed by atoms with Gasteiger partial charge in [-0.3, -0.25) is 9.97 Å². The van der Waals surface area contributed by atoms with Crippen molar-refractivity contribution in [3.8, 4) is 12.1 Å². The molecular formula is C18H20BBrN4O2. The van der Waals surface area contributed by atoms with E-state index in [0.717, 1.165) is 10.2 Å². The molecule has 0 aromatic carbocycles. The minimum Gasteiger partial charge on any atom is -0.423 e. The first-order valence-corrected chi connectivity index (χ1v) is 8.60. The number of rotatable bonds is 3. The van der Waals surface area contributed by atoms with Crippen LogP contribution in [0.5, 0.6) is 0 Å². The summed E-state index contributed by atoms with van der Waals surface area (Å²) in [5.41, 5.74) is 0.583. The van der Waals surface area contributed by atoms with Crippen molar-refractivity contribution >= 4 is 28.5 Å². The van der Waals surface area contributed by atoms with Crippen LogP contribution in [0.2, 0.25) is 0 Å². The maximum Gasteiger partial charge on any atom is 0.490 e. The highest BCUT2D eigenvalue weighted by Gasteiger charge is 2.22. The smallest absolute Gasteiger partial charge is 0.423 e. The first kappa shape index (κ1) is 21.8. The van der Waals surface area contributed by atoms with Gasteiger partial charge >= 0.3 is 7.12 Å². The summed E-state index contributed by atoms with van der Waals surface area (Å²) in [7, 11) is -1.51. The van der Waals surface area contributed by atoms with Crippen LogP contribution in [0.4, 0.5) is 0 Å². The summed E-state index contributed by atoms with van der Waals surface area (Å²) >= 11 is 3.29. The number of aromatic nitrogens is 2. The zero-order valence-electron chi connectivity index (χ0n) is 15.1. The van der Waals surface area contributed by atoms with Gasteiger partial charge in [0.05, 0.1) is 34.4 Å². The molecule has 0 aliphatic carbocycles. The van der Waals surface area contributed by atoms with Crippen molar-refractivity contribution in [2.75, 3.05) is 0 Å². The highest BCUT2D eigenvalue weighted by Crippen LogP contribution is 2.21. The molecule has 0 spiro atoms. The molecule has 0 fully saturated rings. The lowest BCUT2D eigenvalue weighted by Gasteiger charge is -2.14. The van der Waals surface area contributed by atoms with Gasteiger partial charge in [0.25, 0.3) is 0 Å². The van der Waals surface area contributed by atoms with Crippen LogP contribution in [0.1, 0.15) is 39.1 Å². The van der Waals surface area contributed by atoms with E-state index in [1.807, 2.05) is 26.0 Å². The fourth-order valence-electron chi connectivity index (χ4n) is 1.79. The number of nitriles is 2. The lowest BCUT2D eigenvalue weighted by molar-refractivity contribution is 0.425. The Morgan fingerprint density at radius 2 is 1.35 bits per heavy atom. The highest BCUT2D eigenvalue weighted by molar-refractivity contribution is 9.10. The lowest BCUT2D eigenvalue weighted by Crippen LogP contribution is -2.31. The molecule has 2 aromatic rings. The fourth-order valence-corrected chi connectivity index (χ4v) is 2.02. The first-order chi connectivity index (χ1) is 12.0. The quantitative estimate of drug-likeness (QED) is 0.744. The third kappa shape index (κ3) is 5.92. The molecule has 0 bridgehead atoms. The molecule has 0 aliphatic rings. The number of hydrogen-bond acceptors (Lipinski definition) is 6. The molecule has 2 heterocycles. The van der Waals surface area contributed by atoms with Gasteiger partial charge in [-0.25, -0.2) is 0 Å². The summed E-state index contributed by atoms with van der Waals surface area (Å²) in [5.74, 6) is 0. The SMILES string of the molecule is CC(C)(C#N)c1ccc(B(O)O)cn1.CC(C)(C#N)c1ccc(Br)cn1. The van der Waals surface area contributed by atoms with E-state index in [4.69, 9.17) is 20.6 Å². The summed E-state index contributed by atoms with van der Waals surface area (Å²) in [6.45, 7) is 7.21. The topological polar surface area (TPSA) is 114 Å². The zero-order valence-corrected chi connectivity index (χ0v) is 16.7. The second-order valence-corrected chi connectivity index (χ2v) is 7.60. The van der Waals surface area contributed by atoms with Crippen molar-refractivity contribution in [1.29, 1.82) is 10.5 Å². The van der Waals surface area contributed by atoms with Crippen LogP contribution in [0.15, 0.2) is 41.1 Å². The molecule has 2 aromatic heterocycles. The second-order valence-electron chi connectivity index (χ2n) is 6.69. The number of hydrogen-bond donors (Lipinski definition) is 2. The molecule has 26 heavy (non-hydrogen) atoms. The third-order valence-electron chi connectivity index (χ3n) is 3.65. The van der Waals surface area contributed by atoms with E-state index in [1.165, 1.54) is 6.20 Å². The molecule has 0 radical (unpaired) electrons. The van der Waals surface area contributed by atoms with E-state index < -0.39 is 17.9 Å². The molecular weight excluding hydrogens is 395 g/mol. The number of nitrogens with zero attached hydrogens (tertiary/aromatic N) is 4. The Labute approximate surface area is 162 Å². The Kier molecular flexibility index (Phi) is 7.47. The maximum atomic E-state index is 8.84. The Bertz CT molecular complexity index is 807.